The van der Waals surface area contributed by atoms with Gasteiger partial charge in [-0.15, -0.1) is 0 Å². The predicted molar refractivity (Wildman–Crippen MR) is 103 cm³/mol. The first-order valence-corrected chi connectivity index (χ1v) is 10.4. The number of ether oxygens (including phenoxy) is 1. The Labute approximate surface area is 163 Å². The Kier molecular flexibility index (Phi) is 6.27. The normalized spacial score (nSPS) is 16.6. The summed E-state index contributed by atoms with van der Waals surface area (Å²) in [6, 6.07) is 5.80. The summed E-state index contributed by atoms with van der Waals surface area (Å²) in [6.45, 7) is 4.25. The molecule has 1 aliphatic heterocycles. The van der Waals surface area contributed by atoms with E-state index < -0.39 is 14.9 Å². The second-order valence-electron chi connectivity index (χ2n) is 6.67. The molecular weight excluding hydrogens is 386 g/mol. The molecule has 1 aromatic carbocycles. The minimum absolute atomic E-state index is 0.0868. The minimum atomic E-state index is -3.79. The number of nitrogens with zero attached hydrogens (tertiary/aromatic N) is 4. The van der Waals surface area contributed by atoms with E-state index in [4.69, 9.17) is 4.74 Å². The van der Waals surface area contributed by atoms with Crippen molar-refractivity contribution in [2.75, 3.05) is 38.2 Å². The van der Waals surface area contributed by atoms with Crippen molar-refractivity contribution in [3.8, 4) is 0 Å². The lowest BCUT2D eigenvalue weighted by Crippen LogP contribution is -2.40. The molecule has 1 aromatic heterocycles. The molecule has 1 aliphatic rings. The highest BCUT2D eigenvalue weighted by Gasteiger charge is 2.28. The van der Waals surface area contributed by atoms with Crippen LogP contribution in [-0.2, 0) is 21.3 Å². The van der Waals surface area contributed by atoms with Crippen molar-refractivity contribution >= 4 is 21.4 Å². The van der Waals surface area contributed by atoms with Crippen LogP contribution >= 0.6 is 0 Å². The van der Waals surface area contributed by atoms with Gasteiger partial charge in [0.15, 0.2) is 0 Å². The van der Waals surface area contributed by atoms with Gasteiger partial charge in [0.2, 0.25) is 10.0 Å². The molecule has 1 saturated heterocycles. The zero-order valence-corrected chi connectivity index (χ0v) is 16.3. The van der Waals surface area contributed by atoms with E-state index in [2.05, 4.69) is 10.4 Å². The van der Waals surface area contributed by atoms with E-state index in [1.807, 2.05) is 19.2 Å². The van der Waals surface area contributed by atoms with Crippen LogP contribution in [0.25, 0.3) is 0 Å². The van der Waals surface area contributed by atoms with Crippen molar-refractivity contribution in [2.24, 2.45) is 5.92 Å². The number of nitrogens with one attached hydrogen (secondary N) is 1. The molecule has 0 aliphatic carbocycles. The van der Waals surface area contributed by atoms with Crippen LogP contribution in [0.1, 0.15) is 6.92 Å². The average molecular weight is 409 g/mol. The fraction of sp³-hybridized carbons (Fsp3) is 0.471. The Morgan fingerprint density at radius 2 is 2.11 bits per heavy atom. The molecule has 0 spiro atoms. The fourth-order valence-electron chi connectivity index (χ4n) is 2.98. The van der Waals surface area contributed by atoms with Crippen LogP contribution < -0.4 is 5.32 Å². The molecule has 0 radical (unpaired) electrons. The van der Waals surface area contributed by atoms with Gasteiger partial charge in [0.1, 0.15) is 5.69 Å². The average Bonchev–Trinajstić information content (AvgIpc) is 3.19. The third-order valence-corrected chi connectivity index (χ3v) is 6.37. The number of morpholine rings is 1. The number of aromatic nitrogens is 2. The molecule has 11 heteroatoms. The maximum atomic E-state index is 12.7. The maximum absolute atomic E-state index is 12.7. The summed E-state index contributed by atoms with van der Waals surface area (Å²) in [5.74, 6) is 0.163. The monoisotopic (exact) mass is 409 g/mol. The number of rotatable bonds is 8. The summed E-state index contributed by atoms with van der Waals surface area (Å²) in [6.07, 6.45) is 3.54. The Morgan fingerprint density at radius 3 is 2.75 bits per heavy atom. The highest BCUT2D eigenvalue weighted by atomic mass is 32.2. The molecule has 0 bridgehead atoms. The number of hydrogen-bond donors (Lipinski definition) is 1. The van der Waals surface area contributed by atoms with E-state index in [1.54, 1.807) is 10.9 Å². The minimum Gasteiger partial charge on any atom is -0.379 e. The van der Waals surface area contributed by atoms with Crippen LogP contribution in [0.5, 0.6) is 0 Å². The van der Waals surface area contributed by atoms with E-state index in [1.165, 1.54) is 16.4 Å². The SMILES string of the molecule is C[C@H](CNc1ccc(S(=O)(=O)N2CCOCC2)cc1[N+](=O)[O-])Cn1cccn1. The van der Waals surface area contributed by atoms with E-state index in [0.29, 0.717) is 32.0 Å². The van der Waals surface area contributed by atoms with Crippen LogP contribution in [0, 0.1) is 16.0 Å². The van der Waals surface area contributed by atoms with Crippen LogP contribution in [0.15, 0.2) is 41.6 Å². The van der Waals surface area contributed by atoms with E-state index in [-0.39, 0.29) is 29.6 Å². The van der Waals surface area contributed by atoms with Crippen LogP contribution in [0.4, 0.5) is 11.4 Å². The van der Waals surface area contributed by atoms with Crippen molar-refractivity contribution in [1.82, 2.24) is 14.1 Å². The number of hydrogen-bond acceptors (Lipinski definition) is 7. The molecule has 0 saturated carbocycles. The molecule has 0 amide bonds. The molecular formula is C17H23N5O5S. The van der Waals surface area contributed by atoms with Gasteiger partial charge in [-0.1, -0.05) is 6.92 Å². The first kappa shape index (κ1) is 20.2. The Balaban J connectivity index is 1.74. The Morgan fingerprint density at radius 1 is 1.36 bits per heavy atom. The van der Waals surface area contributed by atoms with Gasteiger partial charge >= 0.3 is 0 Å². The standard InChI is InChI=1S/C17H23N5O5S/c1-14(13-20-6-2-5-19-20)12-18-16-4-3-15(11-17(16)22(23)24)28(25,26)21-7-9-27-10-8-21/h2-6,11,14,18H,7-10,12-13H2,1H3/t14-/m1/s1. The van der Waals surface area contributed by atoms with Gasteiger partial charge in [-0.2, -0.15) is 9.40 Å². The zero-order chi connectivity index (χ0) is 20.1. The van der Waals surface area contributed by atoms with Crippen molar-refractivity contribution in [3.63, 3.8) is 0 Å². The fourth-order valence-corrected chi connectivity index (χ4v) is 4.41. The summed E-state index contributed by atoms with van der Waals surface area (Å²) in [4.78, 5) is 10.8. The third kappa shape index (κ3) is 4.66. The summed E-state index contributed by atoms with van der Waals surface area (Å²) < 4.78 is 33.7. The lowest BCUT2D eigenvalue weighted by atomic mass is 10.1. The molecule has 1 fully saturated rings. The van der Waals surface area contributed by atoms with Gasteiger partial charge in [0.25, 0.3) is 5.69 Å². The van der Waals surface area contributed by atoms with Gasteiger partial charge < -0.3 is 10.1 Å². The molecule has 10 nitrogen and oxygen atoms in total. The van der Waals surface area contributed by atoms with Crippen molar-refractivity contribution < 1.29 is 18.1 Å². The molecule has 28 heavy (non-hydrogen) atoms. The van der Waals surface area contributed by atoms with E-state index in [9.17, 15) is 18.5 Å². The van der Waals surface area contributed by atoms with Gasteiger partial charge in [-0.25, -0.2) is 8.42 Å². The highest BCUT2D eigenvalue weighted by molar-refractivity contribution is 7.89. The molecule has 1 atom stereocenters. The van der Waals surface area contributed by atoms with Crippen molar-refractivity contribution in [3.05, 3.63) is 46.8 Å². The summed E-state index contributed by atoms with van der Waals surface area (Å²) in [5.41, 5.74) is 0.0267. The molecule has 3 rings (SSSR count). The topological polar surface area (TPSA) is 120 Å². The van der Waals surface area contributed by atoms with Gasteiger partial charge in [-0.05, 0) is 24.1 Å². The number of nitro benzene ring substituents is 1. The summed E-state index contributed by atoms with van der Waals surface area (Å²) in [7, 11) is -3.79. The van der Waals surface area contributed by atoms with Gasteiger partial charge in [-0.3, -0.25) is 14.8 Å². The summed E-state index contributed by atoms with van der Waals surface area (Å²) in [5, 5.41) is 18.7. The van der Waals surface area contributed by atoms with Gasteiger partial charge in [0.05, 0.1) is 23.0 Å². The molecule has 2 heterocycles. The quantitative estimate of drug-likeness (QED) is 0.519. The van der Waals surface area contributed by atoms with Crippen molar-refractivity contribution in [2.45, 2.75) is 18.4 Å². The first-order valence-electron chi connectivity index (χ1n) is 8.95. The Bertz CT molecular complexity index is 910. The highest BCUT2D eigenvalue weighted by Crippen LogP contribution is 2.29. The molecule has 152 valence electrons. The number of anilines is 1. The van der Waals surface area contributed by atoms with Crippen LogP contribution in [-0.4, -0.2) is 60.3 Å². The first-order chi connectivity index (χ1) is 13.4. The van der Waals surface area contributed by atoms with E-state index >= 15 is 0 Å². The maximum Gasteiger partial charge on any atom is 0.293 e. The van der Waals surface area contributed by atoms with Gasteiger partial charge in [0, 0.05) is 44.6 Å². The summed E-state index contributed by atoms with van der Waals surface area (Å²) >= 11 is 0. The lowest BCUT2D eigenvalue weighted by molar-refractivity contribution is -0.384. The third-order valence-electron chi connectivity index (χ3n) is 4.47. The smallest absolute Gasteiger partial charge is 0.293 e. The predicted octanol–water partition coefficient (Wildman–Crippen LogP) is 1.56. The molecule has 1 N–H and O–H groups in total. The largest absolute Gasteiger partial charge is 0.379 e. The number of benzene rings is 1. The lowest BCUT2D eigenvalue weighted by Gasteiger charge is -2.26. The van der Waals surface area contributed by atoms with Crippen molar-refractivity contribution in [1.29, 1.82) is 0 Å². The number of sulfonamides is 1. The molecule has 2 aromatic rings. The van der Waals surface area contributed by atoms with Crippen LogP contribution in [0.3, 0.4) is 0 Å². The number of nitro groups is 1. The zero-order valence-electron chi connectivity index (χ0n) is 15.5. The second kappa shape index (κ2) is 8.67. The van der Waals surface area contributed by atoms with E-state index in [0.717, 1.165) is 6.07 Å². The molecule has 0 unspecified atom stereocenters. The van der Waals surface area contributed by atoms with Crippen LogP contribution in [0.2, 0.25) is 0 Å². The Hall–Kier alpha value is -2.50. The second-order valence-corrected chi connectivity index (χ2v) is 8.60.